The second kappa shape index (κ2) is 12.3. The number of hydrogen-bond donors (Lipinski definition) is 2. The lowest BCUT2D eigenvalue weighted by atomic mass is 9.99. The van der Waals surface area contributed by atoms with Crippen LogP contribution in [0.3, 0.4) is 0 Å². The largest absolute Gasteiger partial charge is 0.452 e. The molecule has 1 aromatic carbocycles. The zero-order valence-electron chi connectivity index (χ0n) is 20.7. The Balaban J connectivity index is 1.89. The normalized spacial score (nSPS) is 12.1. The molecular weight excluding hydrogens is 526 g/mol. The minimum atomic E-state index is -5.19. The molecule has 14 heteroatoms. The highest BCUT2D eigenvalue weighted by Gasteiger charge is 2.45. The van der Waals surface area contributed by atoms with Gasteiger partial charge in [-0.15, -0.1) is 0 Å². The number of hydrogen-bond acceptors (Lipinski definition) is 7. The lowest BCUT2D eigenvalue weighted by Gasteiger charge is -2.23. The number of nitrogens with zero attached hydrogens (tertiary/aromatic N) is 3. The molecule has 2 heterocycles. The maximum Gasteiger partial charge on any atom is 0.452 e. The van der Waals surface area contributed by atoms with E-state index in [1.165, 1.54) is 38.4 Å². The third-order valence-corrected chi connectivity index (χ3v) is 5.35. The molecule has 3 rings (SSSR count). The zero-order valence-corrected chi connectivity index (χ0v) is 20.7. The first-order valence-electron chi connectivity index (χ1n) is 11.5. The van der Waals surface area contributed by atoms with Gasteiger partial charge in [-0.05, 0) is 47.9 Å². The molecule has 0 spiro atoms. The molecule has 2 N–H and O–H groups in total. The molecule has 1 atom stereocenters. The zero-order chi connectivity index (χ0) is 28.7. The number of rotatable bonds is 9. The van der Waals surface area contributed by atoms with Gasteiger partial charge >= 0.3 is 12.3 Å². The summed E-state index contributed by atoms with van der Waals surface area (Å²) in [4.78, 5) is 58.0. The molecule has 0 saturated heterocycles. The van der Waals surface area contributed by atoms with Crippen molar-refractivity contribution >= 4 is 23.5 Å². The van der Waals surface area contributed by atoms with Crippen LogP contribution in [0.4, 0.5) is 28.0 Å². The van der Waals surface area contributed by atoms with Crippen LogP contribution in [-0.2, 0) is 27.5 Å². The van der Waals surface area contributed by atoms with Gasteiger partial charge in [0.15, 0.2) is 0 Å². The van der Waals surface area contributed by atoms with Gasteiger partial charge in [0.05, 0.1) is 12.2 Å². The molecule has 0 aliphatic rings. The van der Waals surface area contributed by atoms with Crippen molar-refractivity contribution in [2.75, 3.05) is 5.32 Å². The van der Waals surface area contributed by atoms with Crippen molar-refractivity contribution in [3.8, 4) is 11.4 Å². The fourth-order valence-electron chi connectivity index (χ4n) is 3.40. The average molecular weight is 549 g/mol. The van der Waals surface area contributed by atoms with Crippen LogP contribution in [0.5, 0.6) is 0 Å². The predicted octanol–water partition coefficient (Wildman–Crippen LogP) is 3.47. The summed E-state index contributed by atoms with van der Waals surface area (Å²) in [5.41, 5.74) is -0.546. The standard InChI is InChI=1S/C25H23F4N5O5/c1-14(2)20(21(36)25(27,28)29)33-19(35)12-34-22(16-3-5-17(26)6-4-16)31-11-18(23(34)37)32-24(38)39-13-15-7-9-30-10-8-15/h3-11,14,20H,12-13H2,1-2H3,(H,32,38)(H,33,35). The van der Waals surface area contributed by atoms with Crippen molar-refractivity contribution in [2.45, 2.75) is 39.2 Å². The number of nitrogens with one attached hydrogen (secondary N) is 2. The number of ether oxygens (including phenoxy) is 1. The van der Waals surface area contributed by atoms with Crippen molar-refractivity contribution in [3.05, 3.63) is 76.7 Å². The first-order chi connectivity index (χ1) is 18.4. The summed E-state index contributed by atoms with van der Waals surface area (Å²) >= 11 is 0. The average Bonchev–Trinajstić information content (AvgIpc) is 2.88. The Hall–Kier alpha value is -4.62. The Labute approximate surface area is 219 Å². The molecule has 206 valence electrons. The summed E-state index contributed by atoms with van der Waals surface area (Å²) in [7, 11) is 0. The van der Waals surface area contributed by atoms with Crippen LogP contribution in [0.15, 0.2) is 59.8 Å². The van der Waals surface area contributed by atoms with E-state index < -0.39 is 59.5 Å². The Morgan fingerprint density at radius 2 is 1.69 bits per heavy atom. The van der Waals surface area contributed by atoms with E-state index in [2.05, 4.69) is 15.3 Å². The van der Waals surface area contributed by atoms with Gasteiger partial charge in [0, 0.05) is 18.0 Å². The van der Waals surface area contributed by atoms with Gasteiger partial charge in [-0.25, -0.2) is 14.2 Å². The molecule has 0 radical (unpaired) electrons. The maximum absolute atomic E-state index is 13.4. The molecule has 39 heavy (non-hydrogen) atoms. The molecule has 0 bridgehead atoms. The third-order valence-electron chi connectivity index (χ3n) is 5.35. The molecular formula is C25H23F4N5O5. The van der Waals surface area contributed by atoms with Crippen molar-refractivity contribution in [1.29, 1.82) is 0 Å². The smallest absolute Gasteiger partial charge is 0.444 e. The fourth-order valence-corrected chi connectivity index (χ4v) is 3.40. The Morgan fingerprint density at radius 1 is 1.05 bits per heavy atom. The number of pyridine rings is 1. The summed E-state index contributed by atoms with van der Waals surface area (Å²) in [5.74, 6) is -4.91. The Morgan fingerprint density at radius 3 is 2.28 bits per heavy atom. The molecule has 2 amide bonds. The number of aromatic nitrogens is 3. The van der Waals surface area contributed by atoms with E-state index in [0.29, 0.717) is 5.56 Å². The Bertz CT molecular complexity index is 1390. The van der Waals surface area contributed by atoms with Gasteiger partial charge in [-0.3, -0.25) is 29.3 Å². The summed E-state index contributed by atoms with van der Waals surface area (Å²) in [6.07, 6.45) is -2.24. The second-order valence-corrected chi connectivity index (χ2v) is 8.60. The molecule has 10 nitrogen and oxygen atoms in total. The number of benzene rings is 1. The van der Waals surface area contributed by atoms with Crippen LogP contribution >= 0.6 is 0 Å². The van der Waals surface area contributed by atoms with Crippen LogP contribution in [0.2, 0.25) is 0 Å². The monoisotopic (exact) mass is 549 g/mol. The summed E-state index contributed by atoms with van der Waals surface area (Å²) in [6.45, 7) is 1.62. The molecule has 3 aromatic rings. The number of amides is 2. The van der Waals surface area contributed by atoms with E-state index in [1.807, 2.05) is 5.32 Å². The second-order valence-electron chi connectivity index (χ2n) is 8.60. The third kappa shape index (κ3) is 7.69. The number of carbonyl (C=O) groups is 3. The van der Waals surface area contributed by atoms with Crippen LogP contribution in [0.1, 0.15) is 19.4 Å². The first kappa shape index (κ1) is 28.9. The van der Waals surface area contributed by atoms with Gasteiger partial charge < -0.3 is 10.1 Å². The van der Waals surface area contributed by atoms with E-state index in [1.54, 1.807) is 12.1 Å². The number of alkyl halides is 3. The highest BCUT2D eigenvalue weighted by atomic mass is 19.4. The van der Waals surface area contributed by atoms with Crippen molar-refractivity contribution < 1.29 is 36.7 Å². The lowest BCUT2D eigenvalue weighted by molar-refractivity contribution is -0.174. The minimum absolute atomic E-state index is 0.143. The number of Topliss-reactive ketones (excluding diaryl/α,β-unsaturated/α-hetero) is 1. The van der Waals surface area contributed by atoms with Crippen LogP contribution in [0.25, 0.3) is 11.4 Å². The predicted molar refractivity (Wildman–Crippen MR) is 130 cm³/mol. The summed E-state index contributed by atoms with van der Waals surface area (Å²) < 4.78 is 58.3. The quantitative estimate of drug-likeness (QED) is 0.391. The molecule has 0 aliphatic heterocycles. The molecule has 0 saturated carbocycles. The van der Waals surface area contributed by atoms with Gasteiger partial charge in [0.1, 0.15) is 30.5 Å². The van der Waals surface area contributed by atoms with Crippen molar-refractivity contribution in [3.63, 3.8) is 0 Å². The van der Waals surface area contributed by atoms with Gasteiger partial charge in [0.25, 0.3) is 11.3 Å². The number of anilines is 1. The van der Waals surface area contributed by atoms with E-state index in [9.17, 15) is 36.7 Å². The van der Waals surface area contributed by atoms with Gasteiger partial charge in [0.2, 0.25) is 5.91 Å². The molecule has 0 aliphatic carbocycles. The van der Waals surface area contributed by atoms with Crippen molar-refractivity contribution in [2.24, 2.45) is 5.92 Å². The van der Waals surface area contributed by atoms with E-state index >= 15 is 0 Å². The van der Waals surface area contributed by atoms with E-state index in [4.69, 9.17) is 4.74 Å². The van der Waals surface area contributed by atoms with Crippen LogP contribution in [0, 0.1) is 11.7 Å². The maximum atomic E-state index is 13.4. The molecule has 0 fully saturated rings. The van der Waals surface area contributed by atoms with Crippen LogP contribution < -0.4 is 16.2 Å². The SMILES string of the molecule is CC(C)C(NC(=O)Cn1c(-c2ccc(F)cc2)ncc(NC(=O)OCc2ccncc2)c1=O)C(=O)C(F)(F)F. The van der Waals surface area contributed by atoms with Crippen LogP contribution in [-0.4, -0.2) is 44.5 Å². The topological polar surface area (TPSA) is 132 Å². The van der Waals surface area contributed by atoms with Crippen molar-refractivity contribution in [1.82, 2.24) is 19.9 Å². The fraction of sp³-hybridized carbons (Fsp3) is 0.280. The van der Waals surface area contributed by atoms with Gasteiger partial charge in [-0.2, -0.15) is 13.2 Å². The first-order valence-corrected chi connectivity index (χ1v) is 11.5. The number of halogens is 4. The minimum Gasteiger partial charge on any atom is -0.444 e. The molecule has 2 aromatic heterocycles. The Kier molecular flexibility index (Phi) is 9.12. The lowest BCUT2D eigenvalue weighted by Crippen LogP contribution is -2.51. The highest BCUT2D eigenvalue weighted by molar-refractivity contribution is 5.93. The number of ketones is 1. The number of carbonyl (C=O) groups excluding carboxylic acids is 3. The highest BCUT2D eigenvalue weighted by Crippen LogP contribution is 2.22. The van der Waals surface area contributed by atoms with E-state index in [-0.39, 0.29) is 18.0 Å². The van der Waals surface area contributed by atoms with E-state index in [0.717, 1.165) is 22.9 Å². The molecule has 1 unspecified atom stereocenters. The van der Waals surface area contributed by atoms with Gasteiger partial charge in [-0.1, -0.05) is 13.8 Å². The summed E-state index contributed by atoms with van der Waals surface area (Å²) in [6, 6.07) is 5.99. The summed E-state index contributed by atoms with van der Waals surface area (Å²) in [5, 5.41) is 4.22.